The van der Waals surface area contributed by atoms with Gasteiger partial charge in [-0.05, 0) is 37.3 Å². The first-order valence-electron chi connectivity index (χ1n) is 6.38. The lowest BCUT2D eigenvalue weighted by Crippen LogP contribution is -2.31. The van der Waals surface area contributed by atoms with Gasteiger partial charge in [0, 0.05) is 23.5 Å². The van der Waals surface area contributed by atoms with Crippen molar-refractivity contribution in [2.24, 2.45) is 0 Å². The third-order valence-electron chi connectivity index (χ3n) is 2.75. The molecule has 0 radical (unpaired) electrons. The third kappa shape index (κ3) is 5.09. The van der Waals surface area contributed by atoms with Crippen LogP contribution in [0.3, 0.4) is 0 Å². The molecule has 0 aliphatic carbocycles. The lowest BCUT2D eigenvalue weighted by Gasteiger charge is -2.13. The highest BCUT2D eigenvalue weighted by molar-refractivity contribution is 9.10. The second-order valence-corrected chi connectivity index (χ2v) is 5.36. The van der Waals surface area contributed by atoms with Crippen molar-refractivity contribution < 1.29 is 9.15 Å². The van der Waals surface area contributed by atoms with Crippen LogP contribution >= 0.6 is 15.9 Å². The smallest absolute Gasteiger partial charge is 0.120 e. The third-order valence-corrected chi connectivity index (χ3v) is 3.24. The number of hydrogen-bond acceptors (Lipinski definition) is 3. The average Bonchev–Trinajstić information content (AvgIpc) is 2.87. The molecule has 2 rings (SSSR count). The van der Waals surface area contributed by atoms with Crippen LogP contribution in [0.15, 0.2) is 51.6 Å². The molecule has 0 aliphatic rings. The maximum Gasteiger partial charge on any atom is 0.120 e. The topological polar surface area (TPSA) is 34.4 Å². The first-order chi connectivity index (χ1) is 9.24. The van der Waals surface area contributed by atoms with Crippen molar-refractivity contribution in [2.75, 3.05) is 13.2 Å². The Morgan fingerprint density at radius 3 is 2.95 bits per heavy atom. The molecule has 1 atom stereocenters. The highest BCUT2D eigenvalue weighted by atomic mass is 79.9. The van der Waals surface area contributed by atoms with Crippen molar-refractivity contribution in [1.82, 2.24) is 5.32 Å². The van der Waals surface area contributed by atoms with Gasteiger partial charge in [-0.25, -0.2) is 0 Å². The number of nitrogens with one attached hydrogen (secondary N) is 1. The Bertz CT molecular complexity index is 485. The molecule has 0 saturated heterocycles. The monoisotopic (exact) mass is 323 g/mol. The summed E-state index contributed by atoms with van der Waals surface area (Å²) in [6.45, 7) is 3.61. The molecule has 0 fully saturated rings. The van der Waals surface area contributed by atoms with E-state index in [4.69, 9.17) is 9.15 Å². The van der Waals surface area contributed by atoms with Crippen LogP contribution in [0.4, 0.5) is 0 Å². The molecule has 2 aromatic rings. The zero-order valence-corrected chi connectivity index (χ0v) is 12.5. The van der Waals surface area contributed by atoms with Crippen LogP contribution in [0.25, 0.3) is 0 Å². The molecule has 0 saturated carbocycles. The minimum atomic E-state index is 0.372. The van der Waals surface area contributed by atoms with Gasteiger partial charge in [-0.15, -0.1) is 0 Å². The molecule has 102 valence electrons. The molecular formula is C15H18BrNO2. The van der Waals surface area contributed by atoms with Crippen molar-refractivity contribution >= 4 is 15.9 Å². The van der Waals surface area contributed by atoms with Crippen LogP contribution < -0.4 is 10.1 Å². The lowest BCUT2D eigenvalue weighted by molar-refractivity contribution is 0.304. The number of benzene rings is 1. The maximum absolute atomic E-state index is 5.66. The fraction of sp³-hybridized carbons (Fsp3) is 0.333. The second kappa shape index (κ2) is 7.36. The summed E-state index contributed by atoms with van der Waals surface area (Å²) in [4.78, 5) is 0. The van der Waals surface area contributed by atoms with E-state index in [1.807, 2.05) is 36.4 Å². The first-order valence-corrected chi connectivity index (χ1v) is 7.17. The van der Waals surface area contributed by atoms with Crippen molar-refractivity contribution in [1.29, 1.82) is 0 Å². The minimum Gasteiger partial charge on any atom is -0.492 e. The van der Waals surface area contributed by atoms with Crippen molar-refractivity contribution in [3.63, 3.8) is 0 Å². The van der Waals surface area contributed by atoms with Gasteiger partial charge in [0.1, 0.15) is 18.1 Å². The maximum atomic E-state index is 5.66. The van der Waals surface area contributed by atoms with E-state index in [2.05, 4.69) is 28.2 Å². The average molecular weight is 324 g/mol. The second-order valence-electron chi connectivity index (χ2n) is 4.44. The van der Waals surface area contributed by atoms with Crippen molar-refractivity contribution in [3.8, 4) is 5.75 Å². The predicted molar refractivity (Wildman–Crippen MR) is 79.5 cm³/mol. The van der Waals surface area contributed by atoms with Crippen LogP contribution in [-0.2, 0) is 6.42 Å². The molecule has 3 nitrogen and oxygen atoms in total. The predicted octanol–water partition coefficient (Wildman–Crippen LogP) is 3.64. The number of rotatable bonds is 7. The van der Waals surface area contributed by atoms with E-state index in [1.54, 1.807) is 6.26 Å². The van der Waals surface area contributed by atoms with Gasteiger partial charge in [0.05, 0.1) is 6.26 Å². The van der Waals surface area contributed by atoms with Gasteiger partial charge in [-0.3, -0.25) is 0 Å². The van der Waals surface area contributed by atoms with Gasteiger partial charge < -0.3 is 14.5 Å². The van der Waals surface area contributed by atoms with Crippen LogP contribution in [0.5, 0.6) is 5.75 Å². The van der Waals surface area contributed by atoms with Gasteiger partial charge in [0.2, 0.25) is 0 Å². The van der Waals surface area contributed by atoms with E-state index in [9.17, 15) is 0 Å². The molecule has 19 heavy (non-hydrogen) atoms. The van der Waals surface area contributed by atoms with Crippen LogP contribution in [0.2, 0.25) is 0 Å². The summed E-state index contributed by atoms with van der Waals surface area (Å²) in [6.07, 6.45) is 2.60. The standard InChI is InChI=1S/C15H18BrNO2/c1-12(10-14-6-3-8-18-14)17-7-9-19-15-5-2-4-13(16)11-15/h2-6,8,11-12,17H,7,9-10H2,1H3. The van der Waals surface area contributed by atoms with E-state index < -0.39 is 0 Å². The Morgan fingerprint density at radius 1 is 1.32 bits per heavy atom. The zero-order valence-electron chi connectivity index (χ0n) is 10.9. The summed E-state index contributed by atoms with van der Waals surface area (Å²) in [7, 11) is 0. The first kappa shape index (κ1) is 14.2. The summed E-state index contributed by atoms with van der Waals surface area (Å²) in [6, 6.07) is 12.2. The summed E-state index contributed by atoms with van der Waals surface area (Å²) >= 11 is 3.42. The van der Waals surface area contributed by atoms with E-state index in [-0.39, 0.29) is 0 Å². The van der Waals surface area contributed by atoms with Crippen molar-refractivity contribution in [3.05, 3.63) is 52.9 Å². The zero-order chi connectivity index (χ0) is 13.5. The number of furan rings is 1. The molecule has 1 aromatic carbocycles. The lowest BCUT2D eigenvalue weighted by atomic mass is 10.2. The summed E-state index contributed by atoms with van der Waals surface area (Å²) in [5.74, 6) is 1.89. The fourth-order valence-electron chi connectivity index (χ4n) is 1.83. The summed E-state index contributed by atoms with van der Waals surface area (Å²) in [5.41, 5.74) is 0. The molecule has 0 amide bonds. The number of hydrogen-bond donors (Lipinski definition) is 1. The van der Waals surface area contributed by atoms with Gasteiger partial charge in [0.15, 0.2) is 0 Å². The Kier molecular flexibility index (Phi) is 5.48. The molecule has 0 aliphatic heterocycles. The molecule has 1 unspecified atom stereocenters. The normalized spacial score (nSPS) is 12.3. The number of ether oxygens (including phenoxy) is 1. The molecule has 0 spiro atoms. The van der Waals surface area contributed by atoms with Gasteiger partial charge in [-0.2, -0.15) is 0 Å². The molecule has 1 aromatic heterocycles. The molecular weight excluding hydrogens is 306 g/mol. The van der Waals surface area contributed by atoms with Gasteiger partial charge in [-0.1, -0.05) is 22.0 Å². The van der Waals surface area contributed by atoms with Crippen LogP contribution in [-0.4, -0.2) is 19.2 Å². The number of halogens is 1. The Balaban J connectivity index is 1.64. The Morgan fingerprint density at radius 2 is 2.21 bits per heavy atom. The van der Waals surface area contributed by atoms with E-state index in [1.165, 1.54) is 0 Å². The summed E-state index contributed by atoms with van der Waals surface area (Å²) in [5, 5.41) is 3.41. The van der Waals surface area contributed by atoms with Crippen LogP contribution in [0, 0.1) is 0 Å². The molecule has 1 heterocycles. The fourth-order valence-corrected chi connectivity index (χ4v) is 2.21. The summed E-state index contributed by atoms with van der Waals surface area (Å²) < 4.78 is 12.0. The molecule has 1 N–H and O–H groups in total. The Hall–Kier alpha value is -1.26. The minimum absolute atomic E-state index is 0.372. The molecule has 0 bridgehead atoms. The Labute approximate surface area is 122 Å². The van der Waals surface area contributed by atoms with Gasteiger partial charge in [0.25, 0.3) is 0 Å². The van der Waals surface area contributed by atoms with Gasteiger partial charge >= 0.3 is 0 Å². The van der Waals surface area contributed by atoms with E-state index in [0.29, 0.717) is 12.6 Å². The van der Waals surface area contributed by atoms with Crippen molar-refractivity contribution in [2.45, 2.75) is 19.4 Å². The highest BCUT2D eigenvalue weighted by Crippen LogP contribution is 2.17. The largest absolute Gasteiger partial charge is 0.492 e. The quantitative estimate of drug-likeness (QED) is 0.790. The van der Waals surface area contributed by atoms with Crippen LogP contribution in [0.1, 0.15) is 12.7 Å². The van der Waals surface area contributed by atoms with E-state index in [0.717, 1.165) is 28.9 Å². The van der Waals surface area contributed by atoms with E-state index >= 15 is 0 Å². The molecule has 4 heteroatoms. The highest BCUT2D eigenvalue weighted by Gasteiger charge is 2.04. The SMILES string of the molecule is CC(Cc1ccco1)NCCOc1cccc(Br)c1.